The topological polar surface area (TPSA) is 266 Å². The molecule has 21 heteroatoms. The summed E-state index contributed by atoms with van der Waals surface area (Å²) in [6, 6.07) is 30.5. The van der Waals surface area contributed by atoms with Gasteiger partial charge in [0.25, 0.3) is 23.6 Å². The second-order valence-electron chi connectivity index (χ2n) is 24.2. The third-order valence-corrected chi connectivity index (χ3v) is 19.9. The van der Waals surface area contributed by atoms with Gasteiger partial charge in [0, 0.05) is 53.1 Å². The molecule has 0 spiro atoms. The smallest absolute Gasteiger partial charge is 0.317 e. The van der Waals surface area contributed by atoms with E-state index in [9.17, 15) is 47.9 Å². The van der Waals surface area contributed by atoms with Gasteiger partial charge in [0.05, 0.1) is 33.1 Å². The van der Waals surface area contributed by atoms with E-state index in [0.29, 0.717) is 118 Å². The van der Waals surface area contributed by atoms with E-state index < -0.39 is 39.8 Å². The summed E-state index contributed by atoms with van der Waals surface area (Å²) in [5.41, 5.74) is 10.00. The van der Waals surface area contributed by atoms with Crippen LogP contribution in [0.2, 0.25) is 0 Å². The Bertz CT molecular complexity index is 3380. The fraction of sp³-hybridized carbons (Fsp3) is 0.417. The lowest BCUT2D eigenvalue weighted by molar-refractivity contribution is -0.142. The molecule has 0 radical (unpaired) electrons. The van der Waals surface area contributed by atoms with Crippen molar-refractivity contribution in [2.75, 3.05) is 40.3 Å². The van der Waals surface area contributed by atoms with Gasteiger partial charge < -0.3 is 36.6 Å². The van der Waals surface area contributed by atoms with Crippen molar-refractivity contribution in [3.05, 3.63) is 191 Å². The third-order valence-electron chi connectivity index (χ3n) is 18.2. The van der Waals surface area contributed by atoms with E-state index >= 15 is 0 Å². The summed E-state index contributed by atoms with van der Waals surface area (Å²) < 4.78 is 0. The average Bonchev–Trinajstić information content (AvgIpc) is 1.72. The molecule has 2 aliphatic carbocycles. The van der Waals surface area contributed by atoms with Crippen LogP contribution in [-0.2, 0) is 41.6 Å². The molecule has 4 aromatic carbocycles. The maximum atomic E-state index is 14.2. The number of benzene rings is 4. The highest BCUT2D eigenvalue weighted by molar-refractivity contribution is 9.10. The SMILES string of the molecule is CNC(=O)[C@H](Cc1ccccc1)N1CCC([C@@H]2C=CC=CC2)C[C@H](NC(=O)C(Br)CCCCN2C(=O)c3ccccc3C2=O)C1=O.CNC(=O)[C@H](Cc1ccccc1)N1CC[C@@H](C2C=CC=CC2)C[C@H](N)C1=O.O=C(O)C(Br)CCCCN1C(=O)c2ccccc2C1=O. The lowest BCUT2D eigenvalue weighted by Crippen LogP contribution is -2.56. The zero-order valence-electron chi connectivity index (χ0n) is 52.7. The van der Waals surface area contributed by atoms with Crippen molar-refractivity contribution in [1.82, 2.24) is 35.6 Å². The zero-order valence-corrected chi connectivity index (χ0v) is 55.8. The summed E-state index contributed by atoms with van der Waals surface area (Å²) >= 11 is 6.57. The second-order valence-corrected chi connectivity index (χ2v) is 26.5. The van der Waals surface area contributed by atoms with E-state index in [4.69, 9.17) is 10.8 Å². The molecule has 4 aromatic rings. The normalized spacial score (nSPS) is 22.0. The molecule has 6 N–H and O–H groups in total. The highest BCUT2D eigenvalue weighted by Gasteiger charge is 2.42. The largest absolute Gasteiger partial charge is 0.480 e. The molecule has 0 aromatic heterocycles. The fourth-order valence-electron chi connectivity index (χ4n) is 13.0. The highest BCUT2D eigenvalue weighted by atomic mass is 79.9. The minimum absolute atomic E-state index is 0.114. The van der Waals surface area contributed by atoms with Gasteiger partial charge in [-0.2, -0.15) is 0 Å². The number of carboxylic acid groups (broad SMARTS) is 1. The minimum atomic E-state index is -0.897. The van der Waals surface area contributed by atoms with E-state index in [0.717, 1.165) is 36.8 Å². The molecule has 93 heavy (non-hydrogen) atoms. The monoisotopic (exact) mass is 1390 g/mol. The van der Waals surface area contributed by atoms with Crippen LogP contribution in [0, 0.1) is 23.7 Å². The number of aliphatic carboxylic acids is 1. The standard InChI is InChI=1S/C36H41BrN4O5.C22H29N3O2.C14H14BrNO4/c1-38-33(43)31(22-24-12-4-2-5-13-24)40-21-19-26(25-14-6-3-7-15-25)23-30(36(40)46)39-32(42)29(37)18-10-11-20-41-34(44)27-16-8-9-17-28(27)35(41)45;1-24-21(26)20(14-16-8-4-2-5-9-16)25-13-12-18(15-19(23)22(25)27)17-10-6-3-7-11-17;15-11(14(19)20)7-3-4-8-16-12(17)9-5-1-2-6-10(9)13(16)18/h2-9,12-14,16-17,25-26,29-31H,10-11,15,18-23H2,1H3,(H,38,43)(H,39,42);2-10,17-20H,11-15,23H2,1H3,(H,24,26);1-2,5-6,11H,3-4,7-8H2,(H,19,20)/t25-,26?,29?,30+,31+;17?,18-,19+,20+;/m11./s1. The van der Waals surface area contributed by atoms with Crippen LogP contribution in [0.3, 0.4) is 0 Å². The van der Waals surface area contributed by atoms with Gasteiger partial charge >= 0.3 is 5.97 Å². The number of likely N-dealkylation sites (N-methyl/N-ethyl adjacent to an activating group) is 2. The predicted octanol–water partition coefficient (Wildman–Crippen LogP) is 8.77. The molecule has 4 aliphatic heterocycles. The Morgan fingerprint density at radius 3 is 1.32 bits per heavy atom. The number of hydrogen-bond donors (Lipinski definition) is 5. The number of carbonyl (C=O) groups excluding carboxylic acids is 9. The molecule has 4 unspecified atom stereocenters. The Kier molecular flexibility index (Phi) is 26.4. The summed E-state index contributed by atoms with van der Waals surface area (Å²) in [6.45, 7) is 1.59. The Balaban J connectivity index is 0.000000199. The van der Waals surface area contributed by atoms with Crippen LogP contribution in [0.1, 0.15) is 130 Å². The van der Waals surface area contributed by atoms with Crippen LogP contribution < -0.4 is 21.7 Å². The Morgan fingerprint density at radius 2 is 0.925 bits per heavy atom. The van der Waals surface area contributed by atoms with Crippen molar-refractivity contribution in [2.24, 2.45) is 29.4 Å². The molecule has 10 atom stereocenters. The molecule has 6 aliphatic rings. The first-order chi connectivity index (χ1) is 44.9. The van der Waals surface area contributed by atoms with Crippen molar-refractivity contribution >= 4 is 91.0 Å². The van der Waals surface area contributed by atoms with Crippen molar-refractivity contribution in [2.45, 2.75) is 124 Å². The van der Waals surface area contributed by atoms with E-state index in [1.165, 1.54) is 9.80 Å². The number of amides is 9. The van der Waals surface area contributed by atoms with Crippen LogP contribution in [0.5, 0.6) is 0 Å². The number of rotatable bonds is 23. The van der Waals surface area contributed by atoms with E-state index in [1.807, 2.05) is 72.8 Å². The fourth-order valence-corrected chi connectivity index (χ4v) is 13.8. The molecule has 0 bridgehead atoms. The molecule has 19 nitrogen and oxygen atoms in total. The molecule has 10 rings (SSSR count). The molecule has 0 saturated carbocycles. The number of unbranched alkanes of at least 4 members (excludes halogenated alkanes) is 2. The van der Waals surface area contributed by atoms with Gasteiger partial charge in [-0.1, -0.05) is 172 Å². The van der Waals surface area contributed by atoms with Crippen LogP contribution >= 0.6 is 31.9 Å². The number of hydrogen-bond acceptors (Lipinski definition) is 11. The van der Waals surface area contributed by atoms with Gasteiger partial charge in [-0.3, -0.25) is 57.7 Å². The van der Waals surface area contributed by atoms with E-state index in [2.05, 4.69) is 84.3 Å². The van der Waals surface area contributed by atoms with E-state index in [1.54, 1.807) is 72.4 Å². The lowest BCUT2D eigenvalue weighted by Gasteiger charge is -2.32. The molecular weight excluding hydrogens is 1310 g/mol. The Hall–Kier alpha value is -8.14. The summed E-state index contributed by atoms with van der Waals surface area (Å²) in [4.78, 5) is 131. The molecule has 2 fully saturated rings. The van der Waals surface area contributed by atoms with Crippen LogP contribution in [-0.4, -0.2) is 158 Å². The number of carbonyl (C=O) groups is 10. The molecule has 4 heterocycles. The maximum Gasteiger partial charge on any atom is 0.317 e. The van der Waals surface area contributed by atoms with E-state index in [-0.39, 0.29) is 71.5 Å². The summed E-state index contributed by atoms with van der Waals surface area (Å²) in [5.74, 6) is -1.87. The Morgan fingerprint density at radius 1 is 0.527 bits per heavy atom. The average molecular weight is 1400 g/mol. The lowest BCUT2D eigenvalue weighted by atomic mass is 9.81. The number of nitrogens with one attached hydrogen (secondary N) is 3. The number of allylic oxidation sites excluding steroid dienone is 8. The first kappa shape index (κ1) is 70.7. The van der Waals surface area contributed by atoms with Crippen molar-refractivity contribution in [3.8, 4) is 0 Å². The first-order valence-electron chi connectivity index (χ1n) is 32.2. The number of imide groups is 2. The van der Waals surface area contributed by atoms with Crippen molar-refractivity contribution < 1.29 is 53.1 Å². The third kappa shape index (κ3) is 18.6. The highest BCUT2D eigenvalue weighted by Crippen LogP contribution is 2.34. The van der Waals surface area contributed by atoms with Crippen LogP contribution in [0.15, 0.2) is 158 Å². The number of carboxylic acids is 1. The quantitative estimate of drug-likeness (QED) is 0.0265. The van der Waals surface area contributed by atoms with Crippen LogP contribution in [0.25, 0.3) is 0 Å². The van der Waals surface area contributed by atoms with Gasteiger partial charge in [0.1, 0.15) is 23.0 Å². The van der Waals surface area contributed by atoms with Gasteiger partial charge in [0.2, 0.25) is 29.5 Å². The molecular formula is C72H84Br2N8O11. The number of alkyl halides is 2. The summed E-state index contributed by atoms with van der Waals surface area (Å²) in [7, 11) is 3.19. The van der Waals surface area contributed by atoms with Crippen molar-refractivity contribution in [1.29, 1.82) is 0 Å². The second kappa shape index (κ2) is 34.7. The predicted molar refractivity (Wildman–Crippen MR) is 362 cm³/mol. The first-order valence-corrected chi connectivity index (χ1v) is 34.0. The van der Waals surface area contributed by atoms with Gasteiger partial charge in [-0.05, 0) is 130 Å². The molecule has 2 saturated heterocycles. The van der Waals surface area contributed by atoms with Crippen LogP contribution in [0.4, 0.5) is 0 Å². The maximum absolute atomic E-state index is 14.2. The van der Waals surface area contributed by atoms with Crippen molar-refractivity contribution in [3.63, 3.8) is 0 Å². The zero-order chi connectivity index (χ0) is 66.6. The number of halogens is 2. The number of nitrogens with zero attached hydrogens (tertiary/aromatic N) is 4. The minimum Gasteiger partial charge on any atom is -0.480 e. The van der Waals surface area contributed by atoms with Gasteiger partial charge in [-0.15, -0.1) is 0 Å². The van der Waals surface area contributed by atoms with Gasteiger partial charge in [0.15, 0.2) is 0 Å². The summed E-state index contributed by atoms with van der Waals surface area (Å²) in [5, 5.41) is 17.2. The van der Waals surface area contributed by atoms with Gasteiger partial charge in [-0.25, -0.2) is 0 Å². The number of nitrogens with two attached hydrogens (primary N) is 1. The summed E-state index contributed by atoms with van der Waals surface area (Å²) in [6.07, 6.45) is 25.7. The Labute approximate surface area is 561 Å². The molecule has 492 valence electrons. The molecule has 9 amide bonds. The number of fused-ring (bicyclic) bond motifs is 2. The number of likely N-dealkylation sites (tertiary alicyclic amines) is 2.